The molecule has 0 amide bonds. The molecule has 1 aliphatic rings. The van der Waals surface area contributed by atoms with Gasteiger partial charge in [-0.1, -0.05) is 0 Å². The van der Waals surface area contributed by atoms with E-state index in [0.29, 0.717) is 6.04 Å². The fraction of sp³-hybridized carbons (Fsp3) is 0.769. The van der Waals surface area contributed by atoms with Crippen molar-refractivity contribution < 1.29 is 0 Å². The molecule has 0 radical (unpaired) electrons. The Balaban J connectivity index is 2.14. The maximum atomic E-state index is 4.53. The molecule has 1 N–H and O–H groups in total. The van der Waals surface area contributed by atoms with Gasteiger partial charge in [-0.25, -0.2) is 4.98 Å². The Labute approximate surface area is 108 Å². The van der Waals surface area contributed by atoms with Crippen LogP contribution in [0.2, 0.25) is 0 Å². The molecule has 1 aliphatic heterocycles. The zero-order valence-corrected chi connectivity index (χ0v) is 11.9. The minimum Gasteiger partial charge on any atom is -0.308 e. The largest absolute Gasteiger partial charge is 0.308 e. The summed E-state index contributed by atoms with van der Waals surface area (Å²) in [5.74, 6) is 0. The lowest BCUT2D eigenvalue weighted by Gasteiger charge is -2.31. The van der Waals surface area contributed by atoms with Gasteiger partial charge >= 0.3 is 0 Å². The molecular weight excluding hydrogens is 230 g/mol. The third-order valence-corrected chi connectivity index (χ3v) is 4.90. The van der Waals surface area contributed by atoms with Gasteiger partial charge in [-0.2, -0.15) is 0 Å². The standard InChI is InChI=1S/C13H23N3S/c1-11(2)16-8-4-5-13(14-3,6-9-16)12-15-7-10-17-12/h7,10-11,14H,4-6,8-9H2,1-3H3. The van der Waals surface area contributed by atoms with E-state index >= 15 is 0 Å². The molecule has 96 valence electrons. The number of nitrogens with zero attached hydrogens (tertiary/aromatic N) is 2. The molecule has 0 aliphatic carbocycles. The van der Waals surface area contributed by atoms with Crippen LogP contribution >= 0.6 is 11.3 Å². The van der Waals surface area contributed by atoms with Crippen LogP contribution in [-0.4, -0.2) is 36.1 Å². The number of rotatable bonds is 3. The minimum absolute atomic E-state index is 0.109. The van der Waals surface area contributed by atoms with Crippen LogP contribution in [0, 0.1) is 0 Å². The first kappa shape index (κ1) is 13.0. The van der Waals surface area contributed by atoms with E-state index in [9.17, 15) is 0 Å². The molecule has 4 heteroatoms. The lowest BCUT2D eigenvalue weighted by molar-refractivity contribution is 0.220. The van der Waals surface area contributed by atoms with E-state index < -0.39 is 0 Å². The van der Waals surface area contributed by atoms with Crippen molar-refractivity contribution in [2.75, 3.05) is 20.1 Å². The third kappa shape index (κ3) is 2.69. The van der Waals surface area contributed by atoms with E-state index in [1.54, 1.807) is 11.3 Å². The molecule has 0 saturated carbocycles. The average molecular weight is 253 g/mol. The maximum absolute atomic E-state index is 4.53. The topological polar surface area (TPSA) is 28.2 Å². The molecule has 3 nitrogen and oxygen atoms in total. The van der Waals surface area contributed by atoms with Crippen molar-refractivity contribution in [3.8, 4) is 0 Å². The Morgan fingerprint density at radius 3 is 2.82 bits per heavy atom. The molecule has 1 saturated heterocycles. The van der Waals surface area contributed by atoms with E-state index in [4.69, 9.17) is 0 Å². The zero-order valence-electron chi connectivity index (χ0n) is 11.1. The Hall–Kier alpha value is -0.450. The van der Waals surface area contributed by atoms with Gasteiger partial charge in [0.25, 0.3) is 0 Å². The molecule has 1 aromatic heterocycles. The summed E-state index contributed by atoms with van der Waals surface area (Å²) in [7, 11) is 2.08. The van der Waals surface area contributed by atoms with Crippen molar-refractivity contribution in [3.05, 3.63) is 16.6 Å². The number of likely N-dealkylation sites (tertiary alicyclic amines) is 1. The van der Waals surface area contributed by atoms with Crippen LogP contribution in [0.5, 0.6) is 0 Å². The summed E-state index contributed by atoms with van der Waals surface area (Å²) in [6.45, 7) is 6.95. The zero-order chi connectivity index (χ0) is 12.3. The highest BCUT2D eigenvalue weighted by atomic mass is 32.1. The van der Waals surface area contributed by atoms with Crippen LogP contribution in [0.4, 0.5) is 0 Å². The highest BCUT2D eigenvalue weighted by Crippen LogP contribution is 2.34. The second-order valence-electron chi connectivity index (χ2n) is 5.15. The minimum atomic E-state index is 0.109. The van der Waals surface area contributed by atoms with Crippen LogP contribution in [-0.2, 0) is 5.54 Å². The average Bonchev–Trinajstić information content (AvgIpc) is 2.76. The second-order valence-corrected chi connectivity index (χ2v) is 6.05. The smallest absolute Gasteiger partial charge is 0.113 e. The van der Waals surface area contributed by atoms with E-state index in [1.165, 1.54) is 24.4 Å². The lowest BCUT2D eigenvalue weighted by atomic mass is 9.91. The summed E-state index contributed by atoms with van der Waals surface area (Å²) in [5, 5.41) is 6.88. The fourth-order valence-electron chi connectivity index (χ4n) is 2.70. The Kier molecular flexibility index (Phi) is 4.17. The van der Waals surface area contributed by atoms with Crippen molar-refractivity contribution in [1.82, 2.24) is 15.2 Å². The highest BCUT2D eigenvalue weighted by Gasteiger charge is 2.35. The molecule has 1 aromatic rings. The first-order valence-corrected chi connectivity index (χ1v) is 7.39. The Morgan fingerprint density at radius 1 is 1.41 bits per heavy atom. The number of hydrogen-bond donors (Lipinski definition) is 1. The summed E-state index contributed by atoms with van der Waals surface area (Å²) in [6.07, 6.45) is 5.53. The quantitative estimate of drug-likeness (QED) is 0.897. The maximum Gasteiger partial charge on any atom is 0.113 e. The molecule has 2 heterocycles. The molecule has 0 spiro atoms. The van der Waals surface area contributed by atoms with Gasteiger partial charge in [0, 0.05) is 24.2 Å². The predicted molar refractivity (Wildman–Crippen MR) is 73.4 cm³/mol. The third-order valence-electron chi connectivity index (χ3n) is 3.93. The first-order chi connectivity index (χ1) is 8.18. The molecule has 1 unspecified atom stereocenters. The van der Waals surface area contributed by atoms with Crippen LogP contribution < -0.4 is 5.32 Å². The van der Waals surface area contributed by atoms with Crippen LogP contribution in [0.25, 0.3) is 0 Å². The van der Waals surface area contributed by atoms with E-state index in [1.807, 2.05) is 6.20 Å². The number of hydrogen-bond acceptors (Lipinski definition) is 4. The van der Waals surface area contributed by atoms with E-state index in [0.717, 1.165) is 13.0 Å². The molecule has 1 fully saturated rings. The van der Waals surface area contributed by atoms with Gasteiger partial charge in [-0.15, -0.1) is 11.3 Å². The number of thiazole rings is 1. The first-order valence-electron chi connectivity index (χ1n) is 6.51. The summed E-state index contributed by atoms with van der Waals surface area (Å²) in [4.78, 5) is 7.11. The molecule has 17 heavy (non-hydrogen) atoms. The van der Waals surface area contributed by atoms with Gasteiger partial charge in [0.15, 0.2) is 0 Å². The summed E-state index contributed by atoms with van der Waals surface area (Å²) in [5.41, 5.74) is 0.109. The Morgan fingerprint density at radius 2 is 2.24 bits per heavy atom. The second kappa shape index (κ2) is 5.46. The molecule has 0 bridgehead atoms. The normalized spacial score (nSPS) is 27.3. The van der Waals surface area contributed by atoms with Crippen molar-refractivity contribution in [2.45, 2.75) is 44.7 Å². The highest BCUT2D eigenvalue weighted by molar-refractivity contribution is 7.09. The van der Waals surface area contributed by atoms with Crippen molar-refractivity contribution >= 4 is 11.3 Å². The van der Waals surface area contributed by atoms with Gasteiger partial charge in [-0.05, 0) is 46.7 Å². The van der Waals surface area contributed by atoms with Crippen molar-refractivity contribution in [3.63, 3.8) is 0 Å². The van der Waals surface area contributed by atoms with E-state index in [2.05, 4.69) is 41.5 Å². The van der Waals surface area contributed by atoms with Crippen LogP contribution in [0.3, 0.4) is 0 Å². The molecule has 1 atom stereocenters. The fourth-order valence-corrected chi connectivity index (χ4v) is 3.61. The van der Waals surface area contributed by atoms with Gasteiger partial charge in [-0.3, -0.25) is 0 Å². The Bertz CT molecular complexity index is 336. The van der Waals surface area contributed by atoms with Gasteiger partial charge in [0.05, 0.1) is 5.54 Å². The number of aromatic nitrogens is 1. The van der Waals surface area contributed by atoms with Crippen LogP contribution in [0.15, 0.2) is 11.6 Å². The SMILES string of the molecule is CNC1(c2nccs2)CCCN(C(C)C)CC1. The van der Waals surface area contributed by atoms with Crippen molar-refractivity contribution in [1.29, 1.82) is 0 Å². The predicted octanol–water partition coefficient (Wildman–Crippen LogP) is 2.45. The monoisotopic (exact) mass is 253 g/mol. The number of nitrogens with one attached hydrogen (secondary N) is 1. The van der Waals surface area contributed by atoms with Crippen LogP contribution in [0.1, 0.15) is 38.1 Å². The lowest BCUT2D eigenvalue weighted by Crippen LogP contribution is -2.41. The van der Waals surface area contributed by atoms with Crippen molar-refractivity contribution in [2.24, 2.45) is 0 Å². The molecule has 2 rings (SSSR count). The molecular formula is C13H23N3S. The van der Waals surface area contributed by atoms with E-state index in [-0.39, 0.29) is 5.54 Å². The van der Waals surface area contributed by atoms with Gasteiger partial charge in [0.2, 0.25) is 0 Å². The molecule has 0 aromatic carbocycles. The van der Waals surface area contributed by atoms with Gasteiger partial charge in [0.1, 0.15) is 5.01 Å². The summed E-state index contributed by atoms with van der Waals surface area (Å²) >= 11 is 1.78. The summed E-state index contributed by atoms with van der Waals surface area (Å²) in [6, 6.07) is 0.652. The van der Waals surface area contributed by atoms with Gasteiger partial charge < -0.3 is 10.2 Å². The summed E-state index contributed by atoms with van der Waals surface area (Å²) < 4.78 is 0.